The van der Waals surface area contributed by atoms with E-state index in [-0.39, 0.29) is 29.2 Å². The number of ether oxygens (including phenoxy) is 2. The number of nitrogens with zero attached hydrogens (tertiary/aromatic N) is 4. The van der Waals surface area contributed by atoms with E-state index in [1.807, 2.05) is 62.6 Å². The first-order valence-corrected chi connectivity index (χ1v) is 12.0. The van der Waals surface area contributed by atoms with Crippen LogP contribution >= 0.6 is 0 Å². The second-order valence-corrected chi connectivity index (χ2v) is 8.66. The summed E-state index contributed by atoms with van der Waals surface area (Å²) in [5.74, 6) is 1.42. The topological polar surface area (TPSA) is 142 Å². The van der Waals surface area contributed by atoms with E-state index in [9.17, 15) is 5.11 Å². The number of hydrogen-bond donors (Lipinski definition) is 4. The summed E-state index contributed by atoms with van der Waals surface area (Å²) < 4.78 is 12.0. The van der Waals surface area contributed by atoms with Crippen molar-refractivity contribution in [3.05, 3.63) is 83.9 Å². The molecule has 5 rings (SSSR count). The second kappa shape index (κ2) is 10.5. The van der Waals surface area contributed by atoms with Crippen LogP contribution in [0.25, 0.3) is 11.3 Å². The van der Waals surface area contributed by atoms with E-state index in [0.29, 0.717) is 17.0 Å². The van der Waals surface area contributed by atoms with Crippen LogP contribution in [0.3, 0.4) is 0 Å². The summed E-state index contributed by atoms with van der Waals surface area (Å²) in [6, 6.07) is 21.4. The molecule has 0 radical (unpaired) electrons. The number of anilines is 1. The monoisotopic (exact) mass is 509 g/mol. The van der Waals surface area contributed by atoms with E-state index >= 15 is 0 Å². The van der Waals surface area contributed by atoms with Gasteiger partial charge in [0.2, 0.25) is 5.88 Å². The third kappa shape index (κ3) is 5.34. The highest BCUT2D eigenvalue weighted by Crippen LogP contribution is 2.34. The first-order valence-electron chi connectivity index (χ1n) is 12.0. The third-order valence-electron chi connectivity index (χ3n) is 5.97. The Balaban J connectivity index is 1.53. The number of nitrogens with one attached hydrogen (secondary N) is 2. The summed E-state index contributed by atoms with van der Waals surface area (Å²) >= 11 is 0. The van der Waals surface area contributed by atoms with Crippen LogP contribution in [0.2, 0.25) is 0 Å². The van der Waals surface area contributed by atoms with E-state index in [1.165, 1.54) is 18.2 Å². The third-order valence-corrected chi connectivity index (χ3v) is 5.97. The molecule has 1 aliphatic heterocycles. The van der Waals surface area contributed by atoms with Crippen molar-refractivity contribution in [1.82, 2.24) is 14.9 Å². The Kier molecular flexibility index (Phi) is 6.77. The van der Waals surface area contributed by atoms with E-state index in [0.717, 1.165) is 35.7 Å². The van der Waals surface area contributed by atoms with Crippen LogP contribution in [0, 0.1) is 5.41 Å². The lowest BCUT2D eigenvalue weighted by molar-refractivity contribution is 0.387. The average Bonchev–Trinajstić information content (AvgIpc) is 3.35. The molecule has 0 unspecified atom stereocenters. The summed E-state index contributed by atoms with van der Waals surface area (Å²) in [6.07, 6.45) is 0. The molecule has 0 atom stereocenters. The highest BCUT2D eigenvalue weighted by atomic mass is 16.5. The van der Waals surface area contributed by atoms with Crippen molar-refractivity contribution in [1.29, 1.82) is 5.41 Å². The number of amidine groups is 2. The molecule has 1 aliphatic rings. The van der Waals surface area contributed by atoms with Gasteiger partial charge in [0.25, 0.3) is 0 Å². The molecule has 3 aromatic carbocycles. The number of benzene rings is 3. The van der Waals surface area contributed by atoms with E-state index in [2.05, 4.69) is 25.2 Å². The van der Waals surface area contributed by atoms with Crippen LogP contribution in [-0.4, -0.2) is 58.8 Å². The molecule has 192 valence electrons. The van der Waals surface area contributed by atoms with Crippen molar-refractivity contribution in [2.45, 2.75) is 0 Å². The van der Waals surface area contributed by atoms with E-state index in [4.69, 9.17) is 20.6 Å². The zero-order valence-corrected chi connectivity index (χ0v) is 21.0. The van der Waals surface area contributed by atoms with Gasteiger partial charge in [0.05, 0.1) is 12.2 Å². The minimum Gasteiger partial charge on any atom is -0.504 e. The molecule has 0 bridgehead atoms. The lowest BCUT2D eigenvalue weighted by atomic mass is 10.1. The SMILES string of the molecule is CNc1cccc(-c2cc(Oc3cc(C(=N)N)ccc3O)nc(Oc3cccc(C4=NCCN4C)c3)n2)c1. The second-order valence-electron chi connectivity index (χ2n) is 8.66. The molecule has 4 aromatic rings. The first-order chi connectivity index (χ1) is 18.4. The Morgan fingerprint density at radius 1 is 1.00 bits per heavy atom. The average molecular weight is 510 g/mol. The summed E-state index contributed by atoms with van der Waals surface area (Å²) in [4.78, 5) is 15.7. The molecule has 0 amide bonds. The maximum absolute atomic E-state index is 10.4. The van der Waals surface area contributed by atoms with Crippen LogP contribution in [-0.2, 0) is 0 Å². The summed E-state index contributed by atoms with van der Waals surface area (Å²) in [7, 11) is 3.84. The van der Waals surface area contributed by atoms with Gasteiger partial charge >= 0.3 is 6.01 Å². The molecular weight excluding hydrogens is 482 g/mol. The summed E-state index contributed by atoms with van der Waals surface area (Å²) in [5, 5.41) is 21.2. The van der Waals surface area contributed by atoms with E-state index in [1.54, 1.807) is 6.07 Å². The molecular formula is C28H27N7O3. The molecule has 0 aliphatic carbocycles. The zero-order valence-electron chi connectivity index (χ0n) is 21.0. The summed E-state index contributed by atoms with van der Waals surface area (Å²) in [6.45, 7) is 1.63. The van der Waals surface area contributed by atoms with Gasteiger partial charge in [0.1, 0.15) is 17.4 Å². The Hall–Kier alpha value is -5.12. The number of nitrogen functional groups attached to an aromatic ring is 1. The van der Waals surface area contributed by atoms with Gasteiger partial charge in [0.15, 0.2) is 11.5 Å². The molecule has 2 heterocycles. The van der Waals surface area contributed by atoms with Crippen molar-refractivity contribution in [3.63, 3.8) is 0 Å². The van der Waals surface area contributed by atoms with Crippen LogP contribution in [0.15, 0.2) is 77.8 Å². The predicted octanol–water partition coefficient (Wildman–Crippen LogP) is 4.45. The van der Waals surface area contributed by atoms with Crippen molar-refractivity contribution in [2.24, 2.45) is 10.7 Å². The lowest BCUT2D eigenvalue weighted by Crippen LogP contribution is -2.23. The molecule has 10 heteroatoms. The van der Waals surface area contributed by atoms with Gasteiger partial charge in [-0.05, 0) is 42.5 Å². The Morgan fingerprint density at radius 2 is 1.82 bits per heavy atom. The van der Waals surface area contributed by atoms with Gasteiger partial charge in [-0.1, -0.05) is 24.3 Å². The maximum Gasteiger partial charge on any atom is 0.325 e. The van der Waals surface area contributed by atoms with Crippen molar-refractivity contribution in [3.8, 4) is 40.4 Å². The van der Waals surface area contributed by atoms with Crippen molar-refractivity contribution in [2.75, 3.05) is 32.5 Å². The molecule has 0 saturated carbocycles. The van der Waals surface area contributed by atoms with Gasteiger partial charge in [-0.25, -0.2) is 0 Å². The minimum absolute atomic E-state index is 0.0634. The minimum atomic E-state index is -0.150. The number of aromatic hydroxyl groups is 1. The molecule has 10 nitrogen and oxygen atoms in total. The standard InChI is InChI=1S/C28H27N7O3/c1-31-20-7-3-5-17(13-20)22-16-25(38-24-15-18(26(29)30)9-10-23(24)36)34-28(33-22)37-21-8-4-6-19(14-21)27-32-11-12-35(27)2/h3-10,13-16,31,36H,11-12H2,1-2H3,(H3,29,30). The fourth-order valence-corrected chi connectivity index (χ4v) is 4.01. The number of hydrogen-bond acceptors (Lipinski definition) is 9. The lowest BCUT2D eigenvalue weighted by Gasteiger charge is -2.15. The zero-order chi connectivity index (χ0) is 26.6. The number of likely N-dealkylation sites (N-methyl/N-ethyl adjacent to an activating group) is 1. The Morgan fingerprint density at radius 3 is 2.58 bits per heavy atom. The van der Waals surface area contributed by atoms with Gasteiger partial charge in [0, 0.05) is 49.1 Å². The van der Waals surface area contributed by atoms with E-state index < -0.39 is 0 Å². The summed E-state index contributed by atoms with van der Waals surface area (Å²) in [5.41, 5.74) is 9.23. The normalized spacial score (nSPS) is 12.7. The van der Waals surface area contributed by atoms with Gasteiger partial charge in [-0.2, -0.15) is 9.97 Å². The van der Waals surface area contributed by atoms with Gasteiger partial charge in [-0.15, -0.1) is 0 Å². The fourth-order valence-electron chi connectivity index (χ4n) is 4.01. The molecule has 38 heavy (non-hydrogen) atoms. The van der Waals surface area contributed by atoms with Gasteiger partial charge in [-0.3, -0.25) is 10.4 Å². The van der Waals surface area contributed by atoms with Gasteiger partial charge < -0.3 is 30.5 Å². The van der Waals surface area contributed by atoms with Crippen LogP contribution in [0.1, 0.15) is 11.1 Å². The Labute approximate surface area is 219 Å². The number of aromatic nitrogens is 2. The first kappa shape index (κ1) is 24.6. The van der Waals surface area contributed by atoms with Crippen LogP contribution < -0.4 is 20.5 Å². The molecule has 0 spiro atoms. The molecule has 0 saturated heterocycles. The van der Waals surface area contributed by atoms with Crippen LogP contribution in [0.5, 0.6) is 29.1 Å². The largest absolute Gasteiger partial charge is 0.504 e. The van der Waals surface area contributed by atoms with Crippen molar-refractivity contribution >= 4 is 17.4 Å². The number of nitrogens with two attached hydrogens (primary N) is 1. The molecule has 1 aromatic heterocycles. The van der Waals surface area contributed by atoms with Crippen LogP contribution in [0.4, 0.5) is 5.69 Å². The number of aliphatic imine (C=N–C) groups is 1. The quantitative estimate of drug-likeness (QED) is 0.202. The number of phenols is 1. The Bertz CT molecular complexity index is 1540. The highest BCUT2D eigenvalue weighted by molar-refractivity contribution is 6.00. The smallest absolute Gasteiger partial charge is 0.325 e. The molecule has 0 fully saturated rings. The number of rotatable bonds is 8. The molecule has 5 N–H and O–H groups in total. The predicted molar refractivity (Wildman–Crippen MR) is 147 cm³/mol. The fraction of sp³-hybridized carbons (Fsp3) is 0.143. The number of phenolic OH excluding ortho intramolecular Hbond substituents is 1. The van der Waals surface area contributed by atoms with Crippen molar-refractivity contribution < 1.29 is 14.6 Å². The maximum atomic E-state index is 10.4. The highest BCUT2D eigenvalue weighted by Gasteiger charge is 2.17.